The van der Waals surface area contributed by atoms with Gasteiger partial charge in [0.2, 0.25) is 5.91 Å². The minimum atomic E-state index is -2.05. The van der Waals surface area contributed by atoms with Crippen LogP contribution >= 0.6 is 0 Å². The number of nitrogens with zero attached hydrogens (tertiary/aromatic N) is 1. The highest BCUT2D eigenvalue weighted by Gasteiger charge is 2.69. The van der Waals surface area contributed by atoms with Crippen molar-refractivity contribution in [3.8, 4) is 11.5 Å². The summed E-state index contributed by atoms with van der Waals surface area (Å²) in [5.74, 6) is -0.628. The third-order valence-electron chi connectivity index (χ3n) is 6.56. The molecule has 2 aromatic carbocycles. The minimum Gasteiger partial charge on any atom is -0.493 e. The number of carbonyl (C=O) groups excluding carboxylic acids is 3. The Labute approximate surface area is 202 Å². The van der Waals surface area contributed by atoms with Crippen LogP contribution in [0.3, 0.4) is 0 Å². The van der Waals surface area contributed by atoms with E-state index in [1.165, 1.54) is 32.1 Å². The van der Waals surface area contributed by atoms with Gasteiger partial charge < -0.3 is 29.0 Å². The molecule has 1 fully saturated rings. The first-order valence-corrected chi connectivity index (χ1v) is 11.0. The number of ether oxygens (including phenoxy) is 4. The van der Waals surface area contributed by atoms with Gasteiger partial charge in [0.1, 0.15) is 5.76 Å². The van der Waals surface area contributed by atoms with Crippen molar-refractivity contribution in [3.63, 3.8) is 0 Å². The number of carbonyl (C=O) groups is 3. The monoisotopic (exact) mass is 481 g/mol. The topological polar surface area (TPSA) is 112 Å². The molecule has 1 saturated heterocycles. The van der Waals surface area contributed by atoms with Crippen molar-refractivity contribution in [2.75, 3.05) is 27.9 Å². The molecule has 35 heavy (non-hydrogen) atoms. The Morgan fingerprint density at radius 3 is 2.43 bits per heavy atom. The van der Waals surface area contributed by atoms with Gasteiger partial charge in [0, 0.05) is 24.6 Å². The van der Waals surface area contributed by atoms with Crippen LogP contribution in [-0.2, 0) is 36.0 Å². The first kappa shape index (κ1) is 24.3. The fraction of sp³-hybridized carbons (Fsp3) is 0.346. The molecule has 184 valence electrons. The summed E-state index contributed by atoms with van der Waals surface area (Å²) in [4.78, 5) is 39.6. The lowest BCUT2D eigenvalue weighted by Gasteiger charge is -2.45. The number of benzene rings is 2. The zero-order valence-electron chi connectivity index (χ0n) is 20.0. The number of methoxy groups -OCH3 is 3. The molecular weight excluding hydrogens is 454 g/mol. The molecule has 0 spiro atoms. The Balaban J connectivity index is 1.79. The lowest BCUT2D eigenvalue weighted by Crippen LogP contribution is -2.57. The second kappa shape index (κ2) is 9.07. The summed E-state index contributed by atoms with van der Waals surface area (Å²) in [6, 6.07) is 12.1. The molecule has 0 saturated carbocycles. The average Bonchev–Trinajstić information content (AvgIpc) is 3.08. The quantitative estimate of drug-likeness (QED) is 0.600. The first-order chi connectivity index (χ1) is 16.7. The maximum Gasteiger partial charge on any atom is 0.321 e. The summed E-state index contributed by atoms with van der Waals surface area (Å²) in [7, 11) is 4.26. The number of fused-ring (bicyclic) bond motifs is 3. The van der Waals surface area contributed by atoms with Gasteiger partial charge in [-0.15, -0.1) is 0 Å². The highest BCUT2D eigenvalue weighted by Crippen LogP contribution is 2.58. The first-order valence-electron chi connectivity index (χ1n) is 11.0. The van der Waals surface area contributed by atoms with Crippen molar-refractivity contribution in [2.45, 2.75) is 25.5 Å². The van der Waals surface area contributed by atoms with Crippen LogP contribution in [0.25, 0.3) is 5.76 Å². The van der Waals surface area contributed by atoms with E-state index in [0.717, 1.165) is 5.56 Å². The number of aliphatic hydroxyl groups is 1. The molecule has 0 bridgehead atoms. The lowest BCUT2D eigenvalue weighted by molar-refractivity contribution is -0.187. The summed E-state index contributed by atoms with van der Waals surface area (Å²) in [6.45, 7) is 1.35. The van der Waals surface area contributed by atoms with Gasteiger partial charge in [0.25, 0.3) is 0 Å². The Hall–Kier alpha value is -3.85. The van der Waals surface area contributed by atoms with Gasteiger partial charge in [0.05, 0.1) is 27.8 Å². The summed E-state index contributed by atoms with van der Waals surface area (Å²) in [5.41, 5.74) is -2.31. The van der Waals surface area contributed by atoms with Gasteiger partial charge in [0.15, 0.2) is 22.6 Å². The van der Waals surface area contributed by atoms with Crippen molar-refractivity contribution in [3.05, 3.63) is 65.2 Å². The molecule has 9 nitrogen and oxygen atoms in total. The number of esters is 2. The molecule has 1 aliphatic carbocycles. The Kier molecular flexibility index (Phi) is 6.29. The highest BCUT2D eigenvalue weighted by atomic mass is 16.5. The van der Waals surface area contributed by atoms with E-state index in [2.05, 4.69) is 0 Å². The number of hydrogen-bond acceptors (Lipinski definition) is 8. The van der Waals surface area contributed by atoms with Crippen LogP contribution in [0.5, 0.6) is 11.5 Å². The van der Waals surface area contributed by atoms with Gasteiger partial charge in [-0.2, -0.15) is 0 Å². The fourth-order valence-electron chi connectivity index (χ4n) is 4.98. The average molecular weight is 482 g/mol. The van der Waals surface area contributed by atoms with E-state index < -0.39 is 29.0 Å². The highest BCUT2D eigenvalue weighted by molar-refractivity contribution is 5.97. The largest absolute Gasteiger partial charge is 0.493 e. The van der Waals surface area contributed by atoms with Crippen molar-refractivity contribution < 1.29 is 38.4 Å². The second-order valence-electron chi connectivity index (χ2n) is 8.44. The van der Waals surface area contributed by atoms with E-state index >= 15 is 0 Å². The lowest BCUT2D eigenvalue weighted by atomic mass is 9.68. The fourth-order valence-corrected chi connectivity index (χ4v) is 4.98. The molecule has 2 atom stereocenters. The van der Waals surface area contributed by atoms with E-state index in [1.807, 2.05) is 6.07 Å². The van der Waals surface area contributed by atoms with Crippen LogP contribution in [0, 0.1) is 5.41 Å². The molecule has 0 unspecified atom stereocenters. The number of likely N-dealkylation sites (tertiary alicyclic amines) is 1. The molecule has 9 heteroatoms. The Morgan fingerprint density at radius 2 is 1.77 bits per heavy atom. The zero-order valence-corrected chi connectivity index (χ0v) is 20.0. The number of hydrogen-bond donors (Lipinski definition) is 1. The Morgan fingerprint density at radius 1 is 1.06 bits per heavy atom. The number of amides is 1. The SMILES string of the molecule is COC(=O)[C@@]12C=C(OC(C)=O)c3ccccc3[C@]1(O)N(CCc1ccc(OC)c(OC)c1)C(=O)C2. The van der Waals surface area contributed by atoms with E-state index in [-0.39, 0.29) is 24.3 Å². The number of rotatable bonds is 7. The van der Waals surface area contributed by atoms with Crippen LogP contribution in [0.15, 0.2) is 48.5 Å². The van der Waals surface area contributed by atoms with Crippen molar-refractivity contribution in [1.82, 2.24) is 4.90 Å². The molecule has 1 amide bonds. The standard InChI is InChI=1S/C26H27NO8/c1-16(28)35-22-14-25(24(30)34-4)15-23(29)27(26(25,31)19-8-6-5-7-18(19)22)12-11-17-9-10-20(32-2)21(13-17)33-3/h5-10,13-14,31H,11-12,15H2,1-4H3/t25-,26+/m0/s1. The maximum absolute atomic E-state index is 13.3. The van der Waals surface area contributed by atoms with E-state index in [4.69, 9.17) is 18.9 Å². The molecule has 0 radical (unpaired) electrons. The summed E-state index contributed by atoms with van der Waals surface area (Å²) < 4.78 is 21.1. The van der Waals surface area contributed by atoms with Crippen LogP contribution in [0.1, 0.15) is 30.0 Å². The molecule has 1 aliphatic heterocycles. The summed E-state index contributed by atoms with van der Waals surface area (Å²) in [5, 5.41) is 12.2. The van der Waals surface area contributed by atoms with Gasteiger partial charge in [-0.3, -0.25) is 14.4 Å². The van der Waals surface area contributed by atoms with Gasteiger partial charge in [-0.1, -0.05) is 30.3 Å². The van der Waals surface area contributed by atoms with Crippen LogP contribution in [0.2, 0.25) is 0 Å². The van der Waals surface area contributed by atoms with Crippen LogP contribution in [0.4, 0.5) is 0 Å². The molecule has 2 aliphatic rings. The van der Waals surface area contributed by atoms with E-state index in [0.29, 0.717) is 23.5 Å². The molecule has 1 heterocycles. The minimum absolute atomic E-state index is 0.0951. The van der Waals surface area contributed by atoms with E-state index in [1.54, 1.807) is 43.5 Å². The summed E-state index contributed by atoms with van der Waals surface area (Å²) in [6.07, 6.45) is 1.37. The predicted octanol–water partition coefficient (Wildman–Crippen LogP) is 2.40. The third kappa shape index (κ3) is 3.72. The third-order valence-corrected chi connectivity index (χ3v) is 6.56. The van der Waals surface area contributed by atoms with Gasteiger partial charge in [-0.25, -0.2) is 0 Å². The van der Waals surface area contributed by atoms with E-state index in [9.17, 15) is 19.5 Å². The van der Waals surface area contributed by atoms with Crippen molar-refractivity contribution in [1.29, 1.82) is 0 Å². The molecule has 4 rings (SSSR count). The van der Waals surface area contributed by atoms with Crippen molar-refractivity contribution >= 4 is 23.6 Å². The predicted molar refractivity (Wildman–Crippen MR) is 124 cm³/mol. The molecule has 1 N–H and O–H groups in total. The Bertz CT molecular complexity index is 1220. The zero-order chi connectivity index (χ0) is 25.4. The van der Waals surface area contributed by atoms with Crippen LogP contribution < -0.4 is 9.47 Å². The van der Waals surface area contributed by atoms with Gasteiger partial charge >= 0.3 is 11.9 Å². The maximum atomic E-state index is 13.3. The normalized spacial score (nSPS) is 22.6. The molecular formula is C26H27NO8. The second-order valence-corrected chi connectivity index (χ2v) is 8.44. The molecule has 0 aromatic heterocycles. The smallest absolute Gasteiger partial charge is 0.321 e. The van der Waals surface area contributed by atoms with Crippen LogP contribution in [-0.4, -0.2) is 55.7 Å². The molecule has 2 aromatic rings. The van der Waals surface area contributed by atoms with Gasteiger partial charge in [-0.05, 0) is 30.2 Å². The summed E-state index contributed by atoms with van der Waals surface area (Å²) >= 11 is 0. The van der Waals surface area contributed by atoms with Crippen molar-refractivity contribution in [2.24, 2.45) is 5.41 Å².